The number of fused-ring (bicyclic) bond motifs is 1. The lowest BCUT2D eigenvalue weighted by atomic mass is 10.1. The second kappa shape index (κ2) is 5.09. The van der Waals surface area contributed by atoms with E-state index in [9.17, 15) is 8.42 Å². The van der Waals surface area contributed by atoms with Gasteiger partial charge in [0.1, 0.15) is 5.75 Å². The van der Waals surface area contributed by atoms with Crippen LogP contribution in [0.2, 0.25) is 0 Å². The van der Waals surface area contributed by atoms with Crippen molar-refractivity contribution in [2.45, 2.75) is 17.7 Å². The van der Waals surface area contributed by atoms with Gasteiger partial charge in [-0.2, -0.15) is 0 Å². The third-order valence-corrected chi connectivity index (χ3v) is 4.35. The zero-order valence-electron chi connectivity index (χ0n) is 10.6. The summed E-state index contributed by atoms with van der Waals surface area (Å²) in [6.45, 7) is 0.619. The van der Waals surface area contributed by atoms with Gasteiger partial charge in [-0.1, -0.05) is 6.07 Å². The van der Waals surface area contributed by atoms with Crippen LogP contribution in [0.15, 0.2) is 41.7 Å². The van der Waals surface area contributed by atoms with Crippen molar-refractivity contribution in [3.63, 3.8) is 0 Å². The summed E-state index contributed by atoms with van der Waals surface area (Å²) < 4.78 is 32.4. The molecule has 0 atom stereocenters. The van der Waals surface area contributed by atoms with Gasteiger partial charge < -0.3 is 4.74 Å². The Hall–Kier alpha value is -2.15. The molecule has 2 aromatic rings. The molecule has 0 unspecified atom stereocenters. The first-order chi connectivity index (χ1) is 9.65. The number of nitrogens with one attached hydrogen (secondary N) is 1. The average Bonchev–Trinajstić information content (AvgIpc) is 2.47. The van der Waals surface area contributed by atoms with E-state index in [1.165, 1.54) is 18.6 Å². The molecule has 6 nitrogen and oxygen atoms in total. The molecule has 0 saturated carbocycles. The molecule has 0 radical (unpaired) electrons. The van der Waals surface area contributed by atoms with Gasteiger partial charge in [-0.3, -0.25) is 9.71 Å². The summed E-state index contributed by atoms with van der Waals surface area (Å²) in [5.74, 6) is 0.824. The predicted octanol–water partition coefficient (Wildman–Crippen LogP) is 1.60. The minimum atomic E-state index is -3.68. The van der Waals surface area contributed by atoms with Crippen LogP contribution in [0.5, 0.6) is 5.75 Å². The fraction of sp³-hybridized carbons (Fsp3) is 0.231. The molecular weight excluding hydrogens is 278 g/mol. The summed E-state index contributed by atoms with van der Waals surface area (Å²) in [4.78, 5) is 7.87. The highest BCUT2D eigenvalue weighted by Gasteiger charge is 2.19. The monoisotopic (exact) mass is 291 g/mol. The Kier molecular flexibility index (Phi) is 3.27. The first kappa shape index (κ1) is 12.9. The van der Waals surface area contributed by atoms with Crippen LogP contribution in [-0.4, -0.2) is 25.0 Å². The van der Waals surface area contributed by atoms with Crippen LogP contribution in [0.25, 0.3) is 0 Å². The maximum atomic E-state index is 12.3. The number of hydrogen-bond donors (Lipinski definition) is 1. The molecule has 1 N–H and O–H groups in total. The highest BCUT2D eigenvalue weighted by molar-refractivity contribution is 7.92. The van der Waals surface area contributed by atoms with E-state index in [2.05, 4.69) is 14.7 Å². The quantitative estimate of drug-likeness (QED) is 0.929. The minimum absolute atomic E-state index is 0.156. The molecule has 1 aliphatic rings. The van der Waals surface area contributed by atoms with E-state index in [1.54, 1.807) is 18.2 Å². The Morgan fingerprint density at radius 1 is 1.25 bits per heavy atom. The van der Waals surface area contributed by atoms with Gasteiger partial charge in [0.25, 0.3) is 10.0 Å². The summed E-state index contributed by atoms with van der Waals surface area (Å²) >= 11 is 0. The molecule has 0 bridgehead atoms. The number of benzene rings is 1. The molecule has 7 heteroatoms. The van der Waals surface area contributed by atoms with Crippen LogP contribution in [0.1, 0.15) is 12.0 Å². The van der Waals surface area contributed by atoms with Gasteiger partial charge in [0.05, 0.1) is 17.7 Å². The van der Waals surface area contributed by atoms with E-state index in [1.807, 2.05) is 0 Å². The normalized spacial score (nSPS) is 14.2. The zero-order valence-corrected chi connectivity index (χ0v) is 11.4. The average molecular weight is 291 g/mol. The lowest BCUT2D eigenvalue weighted by molar-refractivity contribution is 0.287. The molecule has 1 aromatic carbocycles. The van der Waals surface area contributed by atoms with Crippen molar-refractivity contribution in [2.75, 3.05) is 11.3 Å². The van der Waals surface area contributed by atoms with Gasteiger partial charge in [0.2, 0.25) is 0 Å². The van der Waals surface area contributed by atoms with Crippen LogP contribution in [0, 0.1) is 0 Å². The van der Waals surface area contributed by atoms with Crippen molar-refractivity contribution in [3.8, 4) is 5.75 Å². The summed E-state index contributed by atoms with van der Waals surface area (Å²) in [6, 6.07) is 4.92. The number of nitrogens with zero attached hydrogens (tertiary/aromatic N) is 2. The Morgan fingerprint density at radius 3 is 2.95 bits per heavy atom. The maximum absolute atomic E-state index is 12.3. The molecule has 104 valence electrons. The summed E-state index contributed by atoms with van der Waals surface area (Å²) in [5.41, 5.74) is 1.04. The number of rotatable bonds is 3. The van der Waals surface area contributed by atoms with Gasteiger partial charge in [-0.15, -0.1) is 0 Å². The van der Waals surface area contributed by atoms with E-state index in [4.69, 9.17) is 4.74 Å². The second-order valence-electron chi connectivity index (χ2n) is 4.42. The molecule has 1 aliphatic heterocycles. The van der Waals surface area contributed by atoms with Crippen molar-refractivity contribution in [2.24, 2.45) is 0 Å². The van der Waals surface area contributed by atoms with Gasteiger partial charge >= 0.3 is 0 Å². The number of anilines is 1. The standard InChI is InChI=1S/C13H13N3O3S/c17-20(18,16-13-9-14-5-6-15-13)11-4-3-10-2-1-7-19-12(10)8-11/h3-6,8-9H,1-2,7H2,(H,15,16). The Labute approximate surface area is 116 Å². The van der Waals surface area contributed by atoms with Crippen LogP contribution in [0.3, 0.4) is 0 Å². The molecule has 0 spiro atoms. The third kappa shape index (κ3) is 2.57. The first-order valence-electron chi connectivity index (χ1n) is 6.20. The van der Waals surface area contributed by atoms with Gasteiger partial charge in [0, 0.05) is 18.5 Å². The number of sulfonamides is 1. The van der Waals surface area contributed by atoms with Crippen molar-refractivity contribution in [1.82, 2.24) is 9.97 Å². The van der Waals surface area contributed by atoms with E-state index in [-0.39, 0.29) is 10.7 Å². The van der Waals surface area contributed by atoms with Crippen LogP contribution in [-0.2, 0) is 16.4 Å². The summed E-state index contributed by atoms with van der Waals surface area (Å²) in [6.07, 6.45) is 6.12. The number of ether oxygens (including phenoxy) is 1. The fourth-order valence-electron chi connectivity index (χ4n) is 2.04. The molecule has 1 aromatic heterocycles. The summed E-state index contributed by atoms with van der Waals surface area (Å²) in [7, 11) is -3.68. The van der Waals surface area contributed by atoms with Crippen LogP contribution >= 0.6 is 0 Å². The Morgan fingerprint density at radius 2 is 2.15 bits per heavy atom. The molecule has 0 aliphatic carbocycles. The van der Waals surface area contributed by atoms with E-state index in [0.717, 1.165) is 18.4 Å². The SMILES string of the molecule is O=S(=O)(Nc1cnccn1)c1ccc2c(c1)OCCC2. The lowest BCUT2D eigenvalue weighted by Gasteiger charge is -2.18. The largest absolute Gasteiger partial charge is 0.493 e. The first-order valence-corrected chi connectivity index (χ1v) is 7.68. The zero-order chi connectivity index (χ0) is 14.0. The van der Waals surface area contributed by atoms with Crippen LogP contribution in [0.4, 0.5) is 5.82 Å². The van der Waals surface area contributed by atoms with E-state index < -0.39 is 10.0 Å². The van der Waals surface area contributed by atoms with Crippen molar-refractivity contribution < 1.29 is 13.2 Å². The van der Waals surface area contributed by atoms with Gasteiger partial charge in [-0.05, 0) is 24.5 Å². The van der Waals surface area contributed by atoms with E-state index in [0.29, 0.717) is 12.4 Å². The van der Waals surface area contributed by atoms with Crippen LogP contribution < -0.4 is 9.46 Å². The second-order valence-corrected chi connectivity index (χ2v) is 6.10. The topological polar surface area (TPSA) is 81.2 Å². The molecule has 20 heavy (non-hydrogen) atoms. The van der Waals surface area contributed by atoms with Crippen molar-refractivity contribution >= 4 is 15.8 Å². The molecule has 2 heterocycles. The maximum Gasteiger partial charge on any atom is 0.263 e. The molecular formula is C13H13N3O3S. The lowest BCUT2D eigenvalue weighted by Crippen LogP contribution is -2.15. The van der Waals surface area contributed by atoms with E-state index >= 15 is 0 Å². The minimum Gasteiger partial charge on any atom is -0.493 e. The highest BCUT2D eigenvalue weighted by Crippen LogP contribution is 2.28. The molecule has 0 fully saturated rings. The highest BCUT2D eigenvalue weighted by atomic mass is 32.2. The third-order valence-electron chi connectivity index (χ3n) is 3.00. The number of aromatic nitrogens is 2. The molecule has 3 rings (SSSR count). The predicted molar refractivity (Wildman–Crippen MR) is 73.1 cm³/mol. The summed E-state index contributed by atoms with van der Waals surface area (Å²) in [5, 5.41) is 0. The fourth-order valence-corrected chi connectivity index (χ4v) is 3.04. The number of aryl methyl sites for hydroxylation is 1. The molecule has 0 amide bonds. The van der Waals surface area contributed by atoms with Crippen molar-refractivity contribution in [1.29, 1.82) is 0 Å². The smallest absolute Gasteiger partial charge is 0.263 e. The Balaban J connectivity index is 1.91. The Bertz CT molecular complexity index is 717. The van der Waals surface area contributed by atoms with Gasteiger partial charge in [-0.25, -0.2) is 13.4 Å². The number of hydrogen-bond acceptors (Lipinski definition) is 5. The van der Waals surface area contributed by atoms with Gasteiger partial charge in [0.15, 0.2) is 5.82 Å². The van der Waals surface area contributed by atoms with Crippen molar-refractivity contribution in [3.05, 3.63) is 42.4 Å². The molecule has 0 saturated heterocycles.